The third-order valence-corrected chi connectivity index (χ3v) is 4.67. The van der Waals surface area contributed by atoms with Gasteiger partial charge in [0.15, 0.2) is 0 Å². The zero-order chi connectivity index (χ0) is 19.1. The van der Waals surface area contributed by atoms with Crippen molar-refractivity contribution in [2.24, 2.45) is 7.05 Å². The van der Waals surface area contributed by atoms with E-state index in [1.807, 2.05) is 7.05 Å². The first-order valence-corrected chi connectivity index (χ1v) is 8.32. The molecular formula is C16H16ClF3N4O2. The van der Waals surface area contributed by atoms with Gasteiger partial charge in [-0.2, -0.15) is 18.3 Å². The van der Waals surface area contributed by atoms with Crippen molar-refractivity contribution in [2.75, 3.05) is 0 Å². The van der Waals surface area contributed by atoms with Crippen molar-refractivity contribution in [3.63, 3.8) is 0 Å². The molecule has 0 saturated carbocycles. The molecule has 2 aromatic rings. The molecule has 0 fully saturated rings. The van der Waals surface area contributed by atoms with Gasteiger partial charge in [-0.05, 0) is 25.3 Å². The molecule has 0 bridgehead atoms. The number of alkyl halides is 3. The first-order chi connectivity index (χ1) is 12.2. The molecule has 10 heteroatoms. The predicted molar refractivity (Wildman–Crippen MR) is 87.7 cm³/mol. The van der Waals surface area contributed by atoms with E-state index in [2.05, 4.69) is 10.4 Å². The van der Waals surface area contributed by atoms with Crippen molar-refractivity contribution >= 4 is 17.5 Å². The van der Waals surface area contributed by atoms with Gasteiger partial charge in [0, 0.05) is 24.5 Å². The number of hydrogen-bond acceptors (Lipinski definition) is 3. The van der Waals surface area contributed by atoms with Crippen LogP contribution >= 0.6 is 11.6 Å². The molecule has 1 atom stereocenters. The summed E-state index contributed by atoms with van der Waals surface area (Å²) in [5.41, 5.74) is -0.0232. The minimum absolute atomic E-state index is 0.281. The van der Waals surface area contributed by atoms with E-state index < -0.39 is 34.8 Å². The first-order valence-electron chi connectivity index (χ1n) is 7.94. The average Bonchev–Trinajstić information content (AvgIpc) is 2.93. The Morgan fingerprint density at radius 2 is 2.19 bits per heavy atom. The Kier molecular flexibility index (Phi) is 4.83. The van der Waals surface area contributed by atoms with E-state index in [-0.39, 0.29) is 6.04 Å². The van der Waals surface area contributed by atoms with Crippen LogP contribution in [0.3, 0.4) is 0 Å². The molecule has 1 N–H and O–H groups in total. The number of carbonyl (C=O) groups is 1. The Morgan fingerprint density at radius 3 is 2.88 bits per heavy atom. The van der Waals surface area contributed by atoms with Crippen LogP contribution in [0, 0.1) is 0 Å². The number of nitrogens with one attached hydrogen (secondary N) is 1. The minimum atomic E-state index is -4.66. The summed E-state index contributed by atoms with van der Waals surface area (Å²) in [6, 6.07) is 0.276. The number of halogens is 4. The Hall–Kier alpha value is -2.29. The average molecular weight is 389 g/mol. The normalized spacial score (nSPS) is 17.0. The lowest BCUT2D eigenvalue weighted by atomic mass is 9.93. The molecule has 3 rings (SSSR count). The minimum Gasteiger partial charge on any atom is -0.348 e. The van der Waals surface area contributed by atoms with Crippen molar-refractivity contribution < 1.29 is 18.0 Å². The molecule has 0 aliphatic heterocycles. The van der Waals surface area contributed by atoms with Crippen molar-refractivity contribution in [1.29, 1.82) is 0 Å². The molecule has 2 heterocycles. The highest BCUT2D eigenvalue weighted by Gasteiger charge is 2.32. The van der Waals surface area contributed by atoms with Crippen LogP contribution in [0.15, 0.2) is 23.3 Å². The van der Waals surface area contributed by atoms with E-state index in [1.165, 1.54) is 0 Å². The maximum atomic E-state index is 12.9. The monoisotopic (exact) mass is 388 g/mol. The second-order valence-electron chi connectivity index (χ2n) is 6.19. The maximum absolute atomic E-state index is 12.9. The molecule has 0 aromatic carbocycles. The van der Waals surface area contributed by atoms with Crippen molar-refractivity contribution in [1.82, 2.24) is 19.7 Å². The van der Waals surface area contributed by atoms with E-state index in [0.29, 0.717) is 23.3 Å². The van der Waals surface area contributed by atoms with Crippen LogP contribution in [0.4, 0.5) is 13.2 Å². The van der Waals surface area contributed by atoms with E-state index in [1.54, 1.807) is 10.9 Å². The fraction of sp³-hybridized carbons (Fsp3) is 0.438. The molecular weight excluding hydrogens is 373 g/mol. The van der Waals surface area contributed by atoms with Gasteiger partial charge >= 0.3 is 6.18 Å². The first kappa shape index (κ1) is 18.5. The molecule has 140 valence electrons. The summed E-state index contributed by atoms with van der Waals surface area (Å²) in [6.07, 6.45) is 0.0108. The summed E-state index contributed by atoms with van der Waals surface area (Å²) in [5, 5.41) is 6.35. The number of amides is 1. The smallest absolute Gasteiger partial charge is 0.348 e. The van der Waals surface area contributed by atoms with Gasteiger partial charge in [-0.1, -0.05) is 11.6 Å². The highest BCUT2D eigenvalue weighted by atomic mass is 35.5. The third-order valence-electron chi connectivity index (χ3n) is 4.39. The lowest BCUT2D eigenvalue weighted by Crippen LogP contribution is -2.36. The lowest BCUT2D eigenvalue weighted by molar-refractivity contribution is -0.138. The summed E-state index contributed by atoms with van der Waals surface area (Å²) in [4.78, 5) is 24.2. The van der Waals surface area contributed by atoms with Crippen LogP contribution in [0.1, 0.15) is 35.7 Å². The fourth-order valence-electron chi connectivity index (χ4n) is 3.12. The van der Waals surface area contributed by atoms with Crippen LogP contribution < -0.4 is 10.9 Å². The summed E-state index contributed by atoms with van der Waals surface area (Å²) in [7, 11) is 1.81. The quantitative estimate of drug-likeness (QED) is 0.878. The summed E-state index contributed by atoms with van der Waals surface area (Å²) in [6.45, 7) is -0.547. The number of pyridine rings is 1. The summed E-state index contributed by atoms with van der Waals surface area (Å²) < 4.78 is 41.0. The standard InChI is InChI=1S/C16H16ClF3N4O2/c1-23-13-4-2-3-12(10(13)6-21-23)22-14(25)8-24-7-9(16(18,19)20)5-11(17)15(24)26/h5-7,12H,2-4,8H2,1H3,(H,22,25)/t12-/m0/s1. The van der Waals surface area contributed by atoms with Crippen LogP contribution in [0.25, 0.3) is 0 Å². The molecule has 0 unspecified atom stereocenters. The van der Waals surface area contributed by atoms with Gasteiger partial charge in [0.1, 0.15) is 11.6 Å². The van der Waals surface area contributed by atoms with Gasteiger partial charge in [-0.25, -0.2) is 0 Å². The van der Waals surface area contributed by atoms with Crippen molar-refractivity contribution in [3.8, 4) is 0 Å². The molecule has 0 saturated heterocycles. The summed E-state index contributed by atoms with van der Waals surface area (Å²) >= 11 is 5.59. The van der Waals surface area contributed by atoms with Crippen molar-refractivity contribution in [3.05, 3.63) is 50.7 Å². The molecule has 26 heavy (non-hydrogen) atoms. The zero-order valence-corrected chi connectivity index (χ0v) is 14.6. The molecule has 2 aromatic heterocycles. The number of aromatic nitrogens is 3. The molecule has 0 radical (unpaired) electrons. The Balaban J connectivity index is 1.79. The fourth-order valence-corrected chi connectivity index (χ4v) is 3.35. The number of rotatable bonds is 3. The van der Waals surface area contributed by atoms with Crippen LogP contribution in [-0.4, -0.2) is 20.3 Å². The summed E-state index contributed by atoms with van der Waals surface area (Å²) in [5.74, 6) is -0.566. The highest BCUT2D eigenvalue weighted by Crippen LogP contribution is 2.30. The Morgan fingerprint density at radius 1 is 1.46 bits per heavy atom. The van der Waals surface area contributed by atoms with Crippen molar-refractivity contribution in [2.45, 2.75) is 38.0 Å². The van der Waals surface area contributed by atoms with Crippen LogP contribution in [0.2, 0.25) is 5.02 Å². The van der Waals surface area contributed by atoms with Crippen LogP contribution in [-0.2, 0) is 31.0 Å². The van der Waals surface area contributed by atoms with Crippen LogP contribution in [0.5, 0.6) is 0 Å². The zero-order valence-electron chi connectivity index (χ0n) is 13.8. The van der Waals surface area contributed by atoms with E-state index in [9.17, 15) is 22.8 Å². The van der Waals surface area contributed by atoms with E-state index >= 15 is 0 Å². The molecule has 1 aliphatic rings. The van der Waals surface area contributed by atoms with Gasteiger partial charge in [0.05, 0.1) is 17.8 Å². The number of nitrogens with zero attached hydrogens (tertiary/aromatic N) is 3. The lowest BCUT2D eigenvalue weighted by Gasteiger charge is -2.24. The van der Waals surface area contributed by atoms with Gasteiger partial charge in [0.2, 0.25) is 5.91 Å². The molecule has 6 nitrogen and oxygen atoms in total. The molecule has 0 spiro atoms. The SMILES string of the molecule is Cn1ncc2c1CCC[C@@H]2NC(=O)Cn1cc(C(F)(F)F)cc(Cl)c1=O. The second kappa shape index (κ2) is 6.79. The van der Waals surface area contributed by atoms with Gasteiger partial charge in [0.25, 0.3) is 5.56 Å². The predicted octanol–water partition coefficient (Wildman–Crippen LogP) is 2.45. The van der Waals surface area contributed by atoms with Gasteiger partial charge in [-0.15, -0.1) is 0 Å². The second-order valence-corrected chi connectivity index (χ2v) is 6.60. The van der Waals surface area contributed by atoms with Gasteiger partial charge in [-0.3, -0.25) is 14.3 Å². The number of hydrogen-bond donors (Lipinski definition) is 1. The number of carbonyl (C=O) groups excluding carboxylic acids is 1. The number of fused-ring (bicyclic) bond motifs is 1. The highest BCUT2D eigenvalue weighted by molar-refractivity contribution is 6.30. The molecule has 1 aliphatic carbocycles. The largest absolute Gasteiger partial charge is 0.417 e. The topological polar surface area (TPSA) is 68.9 Å². The maximum Gasteiger partial charge on any atom is 0.417 e. The Labute approximate surface area is 151 Å². The molecule has 1 amide bonds. The van der Waals surface area contributed by atoms with E-state index in [4.69, 9.17) is 11.6 Å². The third kappa shape index (κ3) is 3.62. The van der Waals surface area contributed by atoms with E-state index in [0.717, 1.165) is 24.1 Å². The van der Waals surface area contributed by atoms with Gasteiger partial charge < -0.3 is 9.88 Å². The number of aryl methyl sites for hydroxylation is 1. The Bertz CT molecular complexity index is 904.